The summed E-state index contributed by atoms with van der Waals surface area (Å²) in [5.74, 6) is 1.04. The van der Waals surface area contributed by atoms with E-state index in [-0.39, 0.29) is 5.92 Å². The van der Waals surface area contributed by atoms with Crippen LogP contribution in [0, 0.1) is 17.2 Å². The summed E-state index contributed by atoms with van der Waals surface area (Å²) in [5, 5.41) is 12.3. The zero-order chi connectivity index (χ0) is 7.68. The quantitative estimate of drug-likeness (QED) is 0.557. The van der Waals surface area contributed by atoms with Crippen molar-refractivity contribution in [3.8, 4) is 6.07 Å². The second-order valence-corrected chi connectivity index (χ2v) is 2.84. The molecule has 0 amide bonds. The molecule has 1 aromatic rings. The molecule has 0 fully saturated rings. The molecule has 11 heavy (non-hydrogen) atoms. The third-order valence-electron chi connectivity index (χ3n) is 2.11. The van der Waals surface area contributed by atoms with Crippen LogP contribution in [0.1, 0.15) is 17.7 Å². The summed E-state index contributed by atoms with van der Waals surface area (Å²) < 4.78 is 4.99. The van der Waals surface area contributed by atoms with E-state index in [4.69, 9.17) is 9.78 Å². The van der Waals surface area contributed by atoms with E-state index in [0.29, 0.717) is 0 Å². The van der Waals surface area contributed by atoms with Crippen LogP contribution in [0.5, 0.6) is 0 Å². The third-order valence-corrected chi connectivity index (χ3v) is 2.11. The van der Waals surface area contributed by atoms with Gasteiger partial charge in [-0.1, -0.05) is 5.16 Å². The average molecular weight is 148 g/mol. The highest BCUT2D eigenvalue weighted by atomic mass is 16.5. The molecule has 1 atom stereocenters. The van der Waals surface area contributed by atoms with E-state index in [0.717, 1.165) is 25.0 Å². The number of aromatic nitrogens is 1. The molecule has 56 valence electrons. The minimum atomic E-state index is 0.135. The summed E-state index contributed by atoms with van der Waals surface area (Å²) in [7, 11) is 0. The summed E-state index contributed by atoms with van der Waals surface area (Å²) in [6, 6.07) is 2.25. The second kappa shape index (κ2) is 2.39. The van der Waals surface area contributed by atoms with Crippen LogP contribution >= 0.6 is 0 Å². The number of nitriles is 1. The van der Waals surface area contributed by atoms with E-state index in [1.807, 2.05) is 0 Å². The van der Waals surface area contributed by atoms with Gasteiger partial charge in [-0.25, -0.2) is 0 Å². The minimum absolute atomic E-state index is 0.135. The monoisotopic (exact) mass is 148 g/mol. The van der Waals surface area contributed by atoms with Crippen molar-refractivity contribution in [2.75, 3.05) is 0 Å². The van der Waals surface area contributed by atoms with Crippen molar-refractivity contribution in [3.05, 3.63) is 17.5 Å². The Hall–Kier alpha value is -1.30. The standard InChI is InChI=1S/C8H8N2O/c9-4-6-1-2-7-5-10-11-8(7)3-6/h5-6H,1-3H2/t6-/m0/s1. The first-order chi connectivity index (χ1) is 5.40. The van der Waals surface area contributed by atoms with Crippen molar-refractivity contribution >= 4 is 0 Å². The molecule has 2 rings (SSSR count). The van der Waals surface area contributed by atoms with Crippen molar-refractivity contribution < 1.29 is 4.52 Å². The fourth-order valence-corrected chi connectivity index (χ4v) is 1.42. The highest BCUT2D eigenvalue weighted by Gasteiger charge is 2.21. The van der Waals surface area contributed by atoms with Gasteiger partial charge in [0.2, 0.25) is 0 Å². The van der Waals surface area contributed by atoms with Gasteiger partial charge in [0.1, 0.15) is 5.76 Å². The van der Waals surface area contributed by atoms with Gasteiger partial charge in [0, 0.05) is 12.0 Å². The molecule has 1 aromatic heterocycles. The molecule has 0 aromatic carbocycles. The van der Waals surface area contributed by atoms with Gasteiger partial charge < -0.3 is 4.52 Å². The SMILES string of the molecule is N#C[C@H]1CCc2cnoc2C1. The molecule has 1 aliphatic rings. The molecule has 0 N–H and O–H groups in total. The Morgan fingerprint density at radius 3 is 3.45 bits per heavy atom. The Labute approximate surface area is 64.6 Å². The van der Waals surface area contributed by atoms with Crippen molar-refractivity contribution in [2.24, 2.45) is 5.92 Å². The van der Waals surface area contributed by atoms with E-state index < -0.39 is 0 Å². The number of hydrogen-bond donors (Lipinski definition) is 0. The molecule has 0 bridgehead atoms. The van der Waals surface area contributed by atoms with Crippen molar-refractivity contribution in [1.29, 1.82) is 5.26 Å². The largest absolute Gasteiger partial charge is 0.361 e. The molecule has 3 heteroatoms. The van der Waals surface area contributed by atoms with Crippen molar-refractivity contribution in [2.45, 2.75) is 19.3 Å². The first kappa shape index (κ1) is 6.41. The molecule has 3 nitrogen and oxygen atoms in total. The van der Waals surface area contributed by atoms with Gasteiger partial charge in [0.15, 0.2) is 0 Å². The lowest BCUT2D eigenvalue weighted by atomic mass is 9.90. The van der Waals surface area contributed by atoms with Gasteiger partial charge in [-0.2, -0.15) is 5.26 Å². The Balaban J connectivity index is 2.26. The van der Waals surface area contributed by atoms with Crippen LogP contribution in [0.15, 0.2) is 10.7 Å². The Kier molecular flexibility index (Phi) is 1.39. The van der Waals surface area contributed by atoms with Gasteiger partial charge in [-0.3, -0.25) is 0 Å². The maximum absolute atomic E-state index is 8.64. The zero-order valence-corrected chi connectivity index (χ0v) is 6.08. The van der Waals surface area contributed by atoms with Crippen LogP contribution in [0.4, 0.5) is 0 Å². The lowest BCUT2D eigenvalue weighted by Crippen LogP contribution is -2.10. The van der Waals surface area contributed by atoms with E-state index in [9.17, 15) is 0 Å². The highest BCUT2D eigenvalue weighted by molar-refractivity contribution is 5.19. The summed E-state index contributed by atoms with van der Waals surface area (Å²) in [6.45, 7) is 0. The van der Waals surface area contributed by atoms with Gasteiger partial charge >= 0.3 is 0 Å². The maximum atomic E-state index is 8.64. The molecule has 1 aliphatic carbocycles. The smallest absolute Gasteiger partial charge is 0.141 e. The van der Waals surface area contributed by atoms with E-state index in [1.54, 1.807) is 6.20 Å². The molecule has 0 saturated heterocycles. The molecule has 1 heterocycles. The first-order valence-corrected chi connectivity index (χ1v) is 3.72. The fraction of sp³-hybridized carbons (Fsp3) is 0.500. The fourth-order valence-electron chi connectivity index (χ4n) is 1.42. The van der Waals surface area contributed by atoms with Gasteiger partial charge in [0.25, 0.3) is 0 Å². The Bertz CT molecular complexity index is 297. The predicted octanol–water partition coefficient (Wildman–Crippen LogP) is 1.30. The first-order valence-electron chi connectivity index (χ1n) is 3.72. The number of aryl methyl sites for hydroxylation is 1. The molecule has 0 radical (unpaired) electrons. The van der Waals surface area contributed by atoms with E-state index >= 15 is 0 Å². The lowest BCUT2D eigenvalue weighted by Gasteiger charge is -2.12. The molecule has 0 spiro atoms. The van der Waals surface area contributed by atoms with E-state index in [2.05, 4.69) is 11.2 Å². The Morgan fingerprint density at radius 2 is 2.64 bits per heavy atom. The number of fused-ring (bicyclic) bond motifs is 1. The molecular weight excluding hydrogens is 140 g/mol. The topological polar surface area (TPSA) is 49.8 Å². The van der Waals surface area contributed by atoms with Gasteiger partial charge in [0.05, 0.1) is 18.2 Å². The Morgan fingerprint density at radius 1 is 1.73 bits per heavy atom. The van der Waals surface area contributed by atoms with Crippen LogP contribution < -0.4 is 0 Å². The summed E-state index contributed by atoms with van der Waals surface area (Å²) in [4.78, 5) is 0. The van der Waals surface area contributed by atoms with Crippen LogP contribution in [0.25, 0.3) is 0 Å². The average Bonchev–Trinajstić information content (AvgIpc) is 2.50. The summed E-state index contributed by atoms with van der Waals surface area (Å²) in [5.41, 5.74) is 1.18. The normalized spacial score (nSPS) is 22.3. The van der Waals surface area contributed by atoms with Gasteiger partial charge in [-0.15, -0.1) is 0 Å². The highest BCUT2D eigenvalue weighted by Crippen LogP contribution is 2.24. The van der Waals surface area contributed by atoms with Crippen LogP contribution in [0.2, 0.25) is 0 Å². The summed E-state index contributed by atoms with van der Waals surface area (Å²) >= 11 is 0. The summed E-state index contributed by atoms with van der Waals surface area (Å²) in [6.07, 6.45) is 4.39. The van der Waals surface area contributed by atoms with Crippen molar-refractivity contribution in [1.82, 2.24) is 5.16 Å². The van der Waals surface area contributed by atoms with E-state index in [1.165, 1.54) is 5.56 Å². The third kappa shape index (κ3) is 1.01. The molecule has 0 unspecified atom stereocenters. The lowest BCUT2D eigenvalue weighted by molar-refractivity contribution is 0.358. The number of hydrogen-bond acceptors (Lipinski definition) is 3. The van der Waals surface area contributed by atoms with Crippen LogP contribution in [0.3, 0.4) is 0 Å². The number of nitrogens with zero attached hydrogens (tertiary/aromatic N) is 2. The minimum Gasteiger partial charge on any atom is -0.361 e. The van der Waals surface area contributed by atoms with Crippen molar-refractivity contribution in [3.63, 3.8) is 0 Å². The number of rotatable bonds is 0. The molecular formula is C8H8N2O. The van der Waals surface area contributed by atoms with Gasteiger partial charge in [-0.05, 0) is 12.8 Å². The molecule has 0 aliphatic heterocycles. The molecule has 0 saturated carbocycles. The second-order valence-electron chi connectivity index (χ2n) is 2.84. The zero-order valence-electron chi connectivity index (χ0n) is 6.08. The maximum Gasteiger partial charge on any atom is 0.141 e. The predicted molar refractivity (Wildman–Crippen MR) is 37.6 cm³/mol. The van der Waals surface area contributed by atoms with Crippen LogP contribution in [-0.2, 0) is 12.8 Å². The van der Waals surface area contributed by atoms with Crippen LogP contribution in [-0.4, -0.2) is 5.16 Å².